The maximum absolute atomic E-state index is 10.8. The average molecular weight is 250 g/mol. The van der Waals surface area contributed by atoms with E-state index in [1.807, 2.05) is 6.92 Å². The molecule has 0 amide bonds. The number of nitrogens with one attached hydrogen (secondary N) is 1. The quantitative estimate of drug-likeness (QED) is 0.762. The number of aromatic carboxylic acids is 1. The normalized spacial score (nSPS) is 10.7. The minimum atomic E-state index is -1.09. The Hall–Kier alpha value is -2.08. The Morgan fingerprint density at radius 3 is 3.00 bits per heavy atom. The number of rotatable bonds is 6. The molecule has 96 valence electrons. The van der Waals surface area contributed by atoms with Crippen LogP contribution in [0.5, 0.6) is 5.75 Å². The molecule has 0 bridgehead atoms. The van der Waals surface area contributed by atoms with E-state index >= 15 is 0 Å². The molecule has 1 aromatic heterocycles. The van der Waals surface area contributed by atoms with E-state index in [1.54, 1.807) is 18.2 Å². The number of hydrogen-bond donors (Lipinski definition) is 2. The van der Waals surface area contributed by atoms with Gasteiger partial charge < -0.3 is 19.6 Å². The Balaban J connectivity index is 2.19. The van der Waals surface area contributed by atoms with Gasteiger partial charge in [-0.2, -0.15) is 0 Å². The van der Waals surface area contributed by atoms with E-state index in [-0.39, 0.29) is 5.82 Å². The fraction of sp³-hybridized carbons (Fsp3) is 0.333. The van der Waals surface area contributed by atoms with Crippen molar-refractivity contribution in [3.8, 4) is 5.75 Å². The molecular weight excluding hydrogens is 236 g/mol. The summed E-state index contributed by atoms with van der Waals surface area (Å²) in [5.74, 6) is -0.631. The molecule has 1 aromatic carbocycles. The second-order valence-electron chi connectivity index (χ2n) is 3.59. The van der Waals surface area contributed by atoms with Crippen LogP contribution in [-0.2, 0) is 4.74 Å². The van der Waals surface area contributed by atoms with Crippen molar-refractivity contribution in [2.75, 3.05) is 19.8 Å². The number of H-pyrrole nitrogens is 1. The zero-order valence-corrected chi connectivity index (χ0v) is 9.97. The lowest BCUT2D eigenvalue weighted by molar-refractivity contribution is 0.0685. The molecule has 0 aliphatic carbocycles. The molecule has 0 spiro atoms. The van der Waals surface area contributed by atoms with Crippen molar-refractivity contribution in [1.82, 2.24) is 9.97 Å². The van der Waals surface area contributed by atoms with Gasteiger partial charge in [-0.05, 0) is 19.1 Å². The summed E-state index contributed by atoms with van der Waals surface area (Å²) in [6.07, 6.45) is 0. The lowest BCUT2D eigenvalue weighted by Gasteiger charge is -2.06. The third-order valence-corrected chi connectivity index (χ3v) is 2.37. The highest BCUT2D eigenvalue weighted by molar-refractivity contribution is 5.91. The standard InChI is InChI=1S/C12H14N2O4/c1-2-17-6-7-18-9-5-3-4-8-10(9)14-11(13-8)12(15)16/h3-5H,2,6-7H2,1H3,(H,13,14)(H,15,16). The van der Waals surface area contributed by atoms with Crippen molar-refractivity contribution < 1.29 is 19.4 Å². The van der Waals surface area contributed by atoms with E-state index in [9.17, 15) is 4.79 Å². The predicted molar refractivity (Wildman–Crippen MR) is 65.0 cm³/mol. The number of para-hydroxylation sites is 1. The van der Waals surface area contributed by atoms with Crippen LogP contribution in [0.1, 0.15) is 17.5 Å². The molecule has 0 aliphatic heterocycles. The van der Waals surface area contributed by atoms with Crippen LogP contribution in [0.25, 0.3) is 11.0 Å². The number of carboxylic acid groups (broad SMARTS) is 1. The molecule has 0 saturated carbocycles. The van der Waals surface area contributed by atoms with Crippen LogP contribution in [-0.4, -0.2) is 40.9 Å². The van der Waals surface area contributed by atoms with Crippen molar-refractivity contribution in [3.63, 3.8) is 0 Å². The third-order valence-electron chi connectivity index (χ3n) is 2.37. The highest BCUT2D eigenvalue weighted by Gasteiger charge is 2.12. The first-order chi connectivity index (χ1) is 8.72. The zero-order valence-electron chi connectivity index (χ0n) is 9.97. The van der Waals surface area contributed by atoms with E-state index in [0.717, 1.165) is 0 Å². The van der Waals surface area contributed by atoms with E-state index in [4.69, 9.17) is 14.6 Å². The summed E-state index contributed by atoms with van der Waals surface area (Å²) in [5.41, 5.74) is 1.16. The molecule has 2 N–H and O–H groups in total. The molecule has 0 fully saturated rings. The molecule has 1 heterocycles. The fourth-order valence-corrected chi connectivity index (χ4v) is 1.58. The molecule has 0 unspecified atom stereocenters. The van der Waals surface area contributed by atoms with E-state index < -0.39 is 5.97 Å². The van der Waals surface area contributed by atoms with Gasteiger partial charge in [0.1, 0.15) is 17.9 Å². The topological polar surface area (TPSA) is 84.4 Å². The molecular formula is C12H14N2O4. The first-order valence-corrected chi connectivity index (χ1v) is 5.65. The molecule has 2 rings (SSSR count). The first kappa shape index (κ1) is 12.4. The van der Waals surface area contributed by atoms with Crippen LogP contribution < -0.4 is 4.74 Å². The van der Waals surface area contributed by atoms with Crippen LogP contribution in [0.3, 0.4) is 0 Å². The molecule has 6 nitrogen and oxygen atoms in total. The Morgan fingerprint density at radius 2 is 2.28 bits per heavy atom. The Bertz CT molecular complexity index is 550. The van der Waals surface area contributed by atoms with E-state index in [1.165, 1.54) is 0 Å². The molecule has 2 aromatic rings. The van der Waals surface area contributed by atoms with Gasteiger partial charge in [0.2, 0.25) is 5.82 Å². The summed E-state index contributed by atoms with van der Waals surface area (Å²) in [7, 11) is 0. The largest absolute Gasteiger partial charge is 0.489 e. The summed E-state index contributed by atoms with van der Waals surface area (Å²) in [6.45, 7) is 3.44. The van der Waals surface area contributed by atoms with Gasteiger partial charge in [-0.1, -0.05) is 6.07 Å². The number of aromatic nitrogens is 2. The predicted octanol–water partition coefficient (Wildman–Crippen LogP) is 1.68. The van der Waals surface area contributed by atoms with Crippen molar-refractivity contribution in [2.45, 2.75) is 6.92 Å². The maximum Gasteiger partial charge on any atom is 0.371 e. The third kappa shape index (κ3) is 2.60. The monoisotopic (exact) mass is 250 g/mol. The summed E-state index contributed by atoms with van der Waals surface area (Å²) in [4.78, 5) is 17.5. The van der Waals surface area contributed by atoms with Crippen LogP contribution in [0.4, 0.5) is 0 Å². The SMILES string of the molecule is CCOCCOc1cccc2[nH]c(C(=O)O)nc12. The lowest BCUT2D eigenvalue weighted by Crippen LogP contribution is -2.06. The number of ether oxygens (including phenoxy) is 2. The Labute approximate surface area is 104 Å². The molecule has 6 heteroatoms. The van der Waals surface area contributed by atoms with Crippen molar-refractivity contribution in [2.24, 2.45) is 0 Å². The van der Waals surface area contributed by atoms with E-state index in [2.05, 4.69) is 9.97 Å². The maximum atomic E-state index is 10.8. The van der Waals surface area contributed by atoms with Gasteiger partial charge in [0.25, 0.3) is 0 Å². The van der Waals surface area contributed by atoms with Gasteiger partial charge in [-0.15, -0.1) is 0 Å². The summed E-state index contributed by atoms with van der Waals surface area (Å²) >= 11 is 0. The Morgan fingerprint density at radius 1 is 1.44 bits per heavy atom. The van der Waals surface area contributed by atoms with Crippen LogP contribution in [0, 0.1) is 0 Å². The minimum absolute atomic E-state index is 0.0918. The van der Waals surface area contributed by atoms with Gasteiger partial charge >= 0.3 is 5.97 Å². The molecule has 0 aliphatic rings. The van der Waals surface area contributed by atoms with Gasteiger partial charge in [0, 0.05) is 6.61 Å². The first-order valence-electron chi connectivity index (χ1n) is 5.65. The summed E-state index contributed by atoms with van der Waals surface area (Å²) in [6, 6.07) is 5.28. The highest BCUT2D eigenvalue weighted by atomic mass is 16.5. The minimum Gasteiger partial charge on any atom is -0.489 e. The smallest absolute Gasteiger partial charge is 0.371 e. The number of hydrogen-bond acceptors (Lipinski definition) is 4. The van der Waals surface area contributed by atoms with E-state index in [0.29, 0.717) is 36.6 Å². The van der Waals surface area contributed by atoms with Crippen LogP contribution >= 0.6 is 0 Å². The number of carbonyl (C=O) groups is 1. The second kappa shape index (κ2) is 5.50. The number of fused-ring (bicyclic) bond motifs is 1. The molecule has 0 atom stereocenters. The lowest BCUT2D eigenvalue weighted by atomic mass is 10.3. The van der Waals surface area contributed by atoms with Crippen molar-refractivity contribution >= 4 is 17.0 Å². The number of carboxylic acids is 1. The van der Waals surface area contributed by atoms with Gasteiger partial charge in [0.15, 0.2) is 0 Å². The van der Waals surface area contributed by atoms with Crippen LogP contribution in [0.2, 0.25) is 0 Å². The molecule has 18 heavy (non-hydrogen) atoms. The highest BCUT2D eigenvalue weighted by Crippen LogP contribution is 2.23. The number of benzene rings is 1. The van der Waals surface area contributed by atoms with Gasteiger partial charge in [-0.3, -0.25) is 0 Å². The molecule has 0 radical (unpaired) electrons. The summed E-state index contributed by atoms with van der Waals surface area (Å²) < 4.78 is 10.7. The second-order valence-corrected chi connectivity index (χ2v) is 3.59. The average Bonchev–Trinajstić information content (AvgIpc) is 2.79. The van der Waals surface area contributed by atoms with Gasteiger partial charge in [-0.25, -0.2) is 9.78 Å². The molecule has 0 saturated heterocycles. The van der Waals surface area contributed by atoms with Crippen molar-refractivity contribution in [1.29, 1.82) is 0 Å². The van der Waals surface area contributed by atoms with Gasteiger partial charge in [0.05, 0.1) is 12.1 Å². The fourth-order valence-electron chi connectivity index (χ4n) is 1.58. The Kier molecular flexibility index (Phi) is 3.78. The van der Waals surface area contributed by atoms with Crippen molar-refractivity contribution in [3.05, 3.63) is 24.0 Å². The summed E-state index contributed by atoms with van der Waals surface area (Å²) in [5, 5.41) is 8.87. The van der Waals surface area contributed by atoms with Crippen LogP contribution in [0.15, 0.2) is 18.2 Å². The zero-order chi connectivity index (χ0) is 13.0. The number of imidazole rings is 1. The number of aromatic amines is 1. The number of nitrogens with zero attached hydrogens (tertiary/aromatic N) is 1.